The molecular formula is C33H50N2O3. The lowest BCUT2D eigenvalue weighted by atomic mass is 9.51. The van der Waals surface area contributed by atoms with Crippen LogP contribution in [0.2, 0.25) is 0 Å². The van der Waals surface area contributed by atoms with E-state index in [9.17, 15) is 9.90 Å². The second kappa shape index (κ2) is 10.8. The van der Waals surface area contributed by atoms with Crippen molar-refractivity contribution in [3.05, 3.63) is 29.3 Å². The van der Waals surface area contributed by atoms with Crippen molar-refractivity contribution in [2.75, 3.05) is 11.5 Å². The van der Waals surface area contributed by atoms with Crippen LogP contribution in [0.4, 0.5) is 11.4 Å². The lowest BCUT2D eigenvalue weighted by Gasteiger charge is -2.54. The van der Waals surface area contributed by atoms with E-state index in [1.165, 1.54) is 69.1 Å². The normalized spacial score (nSPS) is 35.1. The molecule has 0 radical (unpaired) electrons. The summed E-state index contributed by atoms with van der Waals surface area (Å²) in [5.41, 5.74) is 14.2. The second-order valence-electron chi connectivity index (χ2n) is 13.9. The molecule has 210 valence electrons. The Morgan fingerprint density at radius 1 is 1.08 bits per heavy atom. The van der Waals surface area contributed by atoms with Crippen molar-refractivity contribution in [2.24, 2.45) is 46.8 Å². The van der Waals surface area contributed by atoms with E-state index in [1.807, 2.05) is 0 Å². The van der Waals surface area contributed by atoms with Crippen LogP contribution in [0.15, 0.2) is 23.8 Å². The zero-order valence-electron chi connectivity index (χ0n) is 24.0. The number of rotatable bonds is 7. The lowest BCUT2D eigenvalue weighted by molar-refractivity contribution is -0.0320. The van der Waals surface area contributed by atoms with Gasteiger partial charge in [0.15, 0.2) is 5.75 Å². The molecule has 4 aliphatic rings. The van der Waals surface area contributed by atoms with Crippen LogP contribution < -0.4 is 11.5 Å². The minimum atomic E-state index is -0.535. The average Bonchev–Trinajstić information content (AvgIpc) is 3.23. The van der Waals surface area contributed by atoms with Crippen molar-refractivity contribution in [1.82, 2.24) is 0 Å². The quantitative estimate of drug-likeness (QED) is 0.112. The number of hydrogen-bond donors (Lipinski definition) is 3. The fraction of sp³-hybridized carbons (Fsp3) is 0.727. The van der Waals surface area contributed by atoms with Gasteiger partial charge < -0.3 is 21.3 Å². The monoisotopic (exact) mass is 522 g/mol. The van der Waals surface area contributed by atoms with Gasteiger partial charge in [0.05, 0.1) is 5.69 Å². The van der Waals surface area contributed by atoms with Crippen molar-refractivity contribution in [1.29, 1.82) is 0 Å². The summed E-state index contributed by atoms with van der Waals surface area (Å²) < 4.78 is 5.88. The third-order valence-corrected chi connectivity index (χ3v) is 11.3. The molecule has 0 amide bonds. The van der Waals surface area contributed by atoms with Crippen molar-refractivity contribution in [2.45, 2.75) is 104 Å². The topological polar surface area (TPSA) is 98.6 Å². The van der Waals surface area contributed by atoms with Crippen molar-refractivity contribution in [3.8, 4) is 5.75 Å². The maximum Gasteiger partial charge on any atom is 0.342 e. The summed E-state index contributed by atoms with van der Waals surface area (Å²) >= 11 is 0. The number of phenols is 1. The van der Waals surface area contributed by atoms with Crippen LogP contribution in [-0.4, -0.2) is 17.2 Å². The summed E-state index contributed by atoms with van der Waals surface area (Å²) in [4.78, 5) is 12.9. The molecule has 1 aromatic carbocycles. The summed E-state index contributed by atoms with van der Waals surface area (Å²) in [6.07, 6.45) is 16.1. The molecule has 5 rings (SSSR count). The molecule has 3 fully saturated rings. The Morgan fingerprint density at radius 3 is 2.63 bits per heavy atom. The number of nitrogen functional groups attached to an aromatic ring is 2. The van der Waals surface area contributed by atoms with E-state index in [0.29, 0.717) is 17.0 Å². The molecular weight excluding hydrogens is 472 g/mol. The maximum absolute atomic E-state index is 12.9. The standard InChI is InChI=1S/C33H50N2O3/c1-19(2)6-5-7-20(3)28-12-13-29-26-10-8-21-16-23(9-11-24(21)25(26)14-15-33(28,29)4)38-32(37)27-17-22(34)18-30(35)31(27)36/h8,17-20,23-26,28-29,36H,5-7,9-16,34-35H2,1-4H3. The number of allylic oxidation sites excluding steroid dienone is 1. The summed E-state index contributed by atoms with van der Waals surface area (Å²) in [6, 6.07) is 2.90. The summed E-state index contributed by atoms with van der Waals surface area (Å²) in [5.74, 6) is 4.89. The first-order chi connectivity index (χ1) is 18.1. The summed E-state index contributed by atoms with van der Waals surface area (Å²) in [6.45, 7) is 9.90. The van der Waals surface area contributed by atoms with Gasteiger partial charge >= 0.3 is 5.97 Å². The first-order valence-electron chi connectivity index (χ1n) is 15.4. The van der Waals surface area contributed by atoms with Crippen molar-refractivity contribution < 1.29 is 14.6 Å². The Balaban J connectivity index is 1.23. The number of hydrogen-bond acceptors (Lipinski definition) is 5. The zero-order valence-corrected chi connectivity index (χ0v) is 24.0. The fourth-order valence-electron chi connectivity index (χ4n) is 9.41. The number of carbonyl (C=O) groups excluding carboxylic acids is 1. The van der Waals surface area contributed by atoms with Crippen molar-refractivity contribution >= 4 is 17.3 Å². The van der Waals surface area contributed by atoms with E-state index >= 15 is 0 Å². The Bertz CT molecular complexity index is 1060. The van der Waals surface area contributed by atoms with E-state index in [0.717, 1.165) is 54.8 Å². The first-order valence-corrected chi connectivity index (χ1v) is 15.4. The number of phenolic OH excluding ortho intramolecular Hbond substituents is 1. The van der Waals surface area contributed by atoms with Crippen LogP contribution in [-0.2, 0) is 4.74 Å². The Kier molecular flexibility index (Phi) is 7.77. The van der Waals surface area contributed by atoms with E-state index in [1.54, 1.807) is 0 Å². The smallest absolute Gasteiger partial charge is 0.342 e. The highest BCUT2D eigenvalue weighted by Crippen LogP contribution is 2.64. The van der Waals surface area contributed by atoms with Gasteiger partial charge in [-0.15, -0.1) is 0 Å². The molecule has 0 bridgehead atoms. The van der Waals surface area contributed by atoms with Gasteiger partial charge in [-0.05, 0) is 104 Å². The highest BCUT2D eigenvalue weighted by Gasteiger charge is 2.56. The average molecular weight is 523 g/mol. The van der Waals surface area contributed by atoms with Crippen LogP contribution in [0.5, 0.6) is 5.75 Å². The van der Waals surface area contributed by atoms with E-state index in [-0.39, 0.29) is 23.1 Å². The molecule has 0 spiro atoms. The van der Waals surface area contributed by atoms with Gasteiger partial charge in [0, 0.05) is 12.1 Å². The van der Waals surface area contributed by atoms with Crippen LogP contribution in [0.3, 0.4) is 0 Å². The predicted molar refractivity (Wildman–Crippen MR) is 155 cm³/mol. The van der Waals surface area contributed by atoms with E-state index in [4.69, 9.17) is 16.2 Å². The summed E-state index contributed by atoms with van der Waals surface area (Å²) in [5, 5.41) is 10.3. The number of fused-ring (bicyclic) bond motifs is 5. The minimum absolute atomic E-state index is 0.0584. The van der Waals surface area contributed by atoms with Gasteiger partial charge in [-0.3, -0.25) is 0 Å². The third kappa shape index (κ3) is 5.07. The molecule has 0 heterocycles. The molecule has 0 aliphatic heterocycles. The van der Waals surface area contributed by atoms with Gasteiger partial charge in [-0.25, -0.2) is 4.79 Å². The molecule has 8 atom stereocenters. The first kappa shape index (κ1) is 27.4. The van der Waals surface area contributed by atoms with Crippen LogP contribution in [0.25, 0.3) is 0 Å². The molecule has 3 saturated carbocycles. The number of esters is 1. The molecule has 0 saturated heterocycles. The number of nitrogens with two attached hydrogens (primary N) is 2. The number of ether oxygens (including phenoxy) is 1. The molecule has 5 nitrogen and oxygen atoms in total. The number of anilines is 2. The van der Waals surface area contributed by atoms with Crippen LogP contribution in [0.1, 0.15) is 109 Å². The van der Waals surface area contributed by atoms with Gasteiger partial charge in [-0.2, -0.15) is 0 Å². The fourth-order valence-corrected chi connectivity index (χ4v) is 9.41. The lowest BCUT2D eigenvalue weighted by Crippen LogP contribution is -2.47. The molecule has 5 heteroatoms. The molecule has 38 heavy (non-hydrogen) atoms. The predicted octanol–water partition coefficient (Wildman–Crippen LogP) is 7.73. The molecule has 1 aromatic rings. The Morgan fingerprint density at radius 2 is 1.87 bits per heavy atom. The largest absolute Gasteiger partial charge is 0.505 e. The van der Waals surface area contributed by atoms with Crippen molar-refractivity contribution in [3.63, 3.8) is 0 Å². The molecule has 8 unspecified atom stereocenters. The van der Waals surface area contributed by atoms with E-state index in [2.05, 4.69) is 33.8 Å². The molecule has 4 aliphatic carbocycles. The summed E-state index contributed by atoms with van der Waals surface area (Å²) in [7, 11) is 0. The Hall–Kier alpha value is -2.17. The van der Waals surface area contributed by atoms with Gasteiger partial charge in [0.25, 0.3) is 0 Å². The highest BCUT2D eigenvalue weighted by molar-refractivity contribution is 5.96. The SMILES string of the molecule is CC(C)CCCC(C)C1CCC2C3CC=C4CC(OC(=O)c5cc(N)cc(N)c5O)CCC4C3CCC12C. The zero-order chi connectivity index (χ0) is 27.2. The highest BCUT2D eigenvalue weighted by atomic mass is 16.5. The van der Waals surface area contributed by atoms with E-state index < -0.39 is 5.97 Å². The number of benzene rings is 1. The van der Waals surface area contributed by atoms with Gasteiger partial charge in [0.1, 0.15) is 11.7 Å². The minimum Gasteiger partial charge on any atom is -0.505 e. The Labute approximate surface area is 229 Å². The third-order valence-electron chi connectivity index (χ3n) is 11.3. The van der Waals surface area contributed by atoms with Crippen LogP contribution >= 0.6 is 0 Å². The number of carbonyl (C=O) groups is 1. The van der Waals surface area contributed by atoms with Crippen LogP contribution in [0, 0.1) is 46.8 Å². The molecule has 5 N–H and O–H groups in total. The van der Waals surface area contributed by atoms with Gasteiger partial charge in [0.2, 0.25) is 0 Å². The molecule has 0 aromatic heterocycles. The number of aromatic hydroxyl groups is 1. The second-order valence-corrected chi connectivity index (χ2v) is 13.9. The van der Waals surface area contributed by atoms with Gasteiger partial charge in [-0.1, -0.05) is 58.6 Å². The maximum atomic E-state index is 12.9.